The van der Waals surface area contributed by atoms with Crippen molar-refractivity contribution in [3.05, 3.63) is 72.0 Å². The predicted octanol–water partition coefficient (Wildman–Crippen LogP) is 3.75. The molecule has 0 spiro atoms. The van der Waals surface area contributed by atoms with Crippen molar-refractivity contribution in [2.24, 2.45) is 0 Å². The van der Waals surface area contributed by atoms with Crippen LogP contribution in [0.25, 0.3) is 11.3 Å². The number of benzene rings is 2. The Balaban J connectivity index is 1.57. The molecule has 1 heterocycles. The summed E-state index contributed by atoms with van der Waals surface area (Å²) < 4.78 is 18.6. The van der Waals surface area contributed by atoms with Crippen molar-refractivity contribution in [3.8, 4) is 11.3 Å². The molecule has 144 valence electrons. The van der Waals surface area contributed by atoms with Crippen LogP contribution < -0.4 is 5.32 Å². The van der Waals surface area contributed by atoms with Crippen LogP contribution in [0.5, 0.6) is 0 Å². The smallest absolute Gasteiger partial charge is 0.253 e. The van der Waals surface area contributed by atoms with E-state index in [1.807, 2.05) is 0 Å². The van der Waals surface area contributed by atoms with Gasteiger partial charge >= 0.3 is 0 Å². The quantitative estimate of drug-likeness (QED) is 0.706. The molecular weight excluding hydrogens is 361 g/mol. The molecule has 3 rings (SSSR count). The van der Waals surface area contributed by atoms with Crippen LogP contribution in [0.2, 0.25) is 0 Å². The second-order valence-electron chi connectivity index (χ2n) is 6.45. The fourth-order valence-corrected chi connectivity index (χ4v) is 2.61. The first-order valence-electron chi connectivity index (χ1n) is 8.74. The van der Waals surface area contributed by atoms with Crippen molar-refractivity contribution >= 4 is 17.5 Å². The number of nitrogens with zero attached hydrogens (tertiary/aromatic N) is 2. The molecule has 3 aromatic rings. The zero-order chi connectivity index (χ0) is 20.1. The van der Waals surface area contributed by atoms with Gasteiger partial charge in [0.2, 0.25) is 5.91 Å². The Bertz CT molecular complexity index is 981. The fourth-order valence-electron chi connectivity index (χ4n) is 2.61. The van der Waals surface area contributed by atoms with Gasteiger partial charge in [-0.15, -0.1) is 0 Å². The van der Waals surface area contributed by atoms with Crippen molar-refractivity contribution < 1.29 is 18.4 Å². The van der Waals surface area contributed by atoms with Gasteiger partial charge in [-0.2, -0.15) is 0 Å². The summed E-state index contributed by atoms with van der Waals surface area (Å²) >= 11 is 0. The molecule has 7 heteroatoms. The second-order valence-corrected chi connectivity index (χ2v) is 6.45. The minimum absolute atomic E-state index is 0.135. The number of halogens is 1. The van der Waals surface area contributed by atoms with Gasteiger partial charge < -0.3 is 14.6 Å². The van der Waals surface area contributed by atoms with Gasteiger partial charge in [-0.3, -0.25) is 9.59 Å². The molecule has 0 radical (unpaired) electrons. The molecule has 0 fully saturated rings. The molecule has 1 N–H and O–H groups in total. The van der Waals surface area contributed by atoms with Crippen molar-refractivity contribution in [1.82, 2.24) is 9.88 Å². The molecule has 2 amide bonds. The van der Waals surface area contributed by atoms with E-state index in [-0.39, 0.29) is 24.1 Å². The number of rotatable bonds is 6. The maximum Gasteiger partial charge on any atom is 0.253 e. The molecule has 0 aliphatic heterocycles. The van der Waals surface area contributed by atoms with E-state index in [0.717, 1.165) is 0 Å². The zero-order valence-corrected chi connectivity index (χ0v) is 15.6. The Labute approximate surface area is 162 Å². The summed E-state index contributed by atoms with van der Waals surface area (Å²) in [5.74, 6) is 0.271. The number of carbonyl (C=O) groups is 2. The highest BCUT2D eigenvalue weighted by molar-refractivity contribution is 5.97. The van der Waals surface area contributed by atoms with Gasteiger partial charge in [0.1, 0.15) is 5.82 Å². The average Bonchev–Trinajstić information content (AvgIpc) is 3.15. The Hall–Kier alpha value is -3.48. The van der Waals surface area contributed by atoms with Crippen molar-refractivity contribution in [1.29, 1.82) is 0 Å². The zero-order valence-electron chi connectivity index (χ0n) is 15.6. The van der Waals surface area contributed by atoms with E-state index in [2.05, 4.69) is 10.3 Å². The second kappa shape index (κ2) is 8.47. The highest BCUT2D eigenvalue weighted by atomic mass is 19.1. The number of carbonyl (C=O) groups excluding carboxylic acids is 2. The lowest BCUT2D eigenvalue weighted by molar-refractivity contribution is -0.116. The van der Waals surface area contributed by atoms with E-state index >= 15 is 0 Å². The van der Waals surface area contributed by atoms with Crippen LogP contribution in [0.4, 0.5) is 10.1 Å². The van der Waals surface area contributed by atoms with E-state index < -0.39 is 0 Å². The molecule has 0 unspecified atom stereocenters. The number of anilines is 1. The standard InChI is InChI=1S/C21H20FN3O3/c1-25(2)21(27)15-4-3-5-17(12-15)24-19(26)10-11-20-23-13-18(28-20)14-6-8-16(22)9-7-14/h3-9,12-13H,10-11H2,1-2H3,(H,24,26). The first kappa shape index (κ1) is 19.3. The average molecular weight is 381 g/mol. The molecule has 0 aliphatic carbocycles. The number of amides is 2. The summed E-state index contributed by atoms with van der Waals surface area (Å²) in [5.41, 5.74) is 1.77. The van der Waals surface area contributed by atoms with E-state index in [1.54, 1.807) is 56.7 Å². The van der Waals surface area contributed by atoms with Gasteiger partial charge in [-0.05, 0) is 42.5 Å². The van der Waals surface area contributed by atoms with Gasteiger partial charge in [0.25, 0.3) is 5.91 Å². The molecular formula is C21H20FN3O3. The van der Waals surface area contributed by atoms with Gasteiger partial charge in [-0.25, -0.2) is 9.37 Å². The van der Waals surface area contributed by atoms with Gasteiger partial charge in [0.05, 0.1) is 6.20 Å². The normalized spacial score (nSPS) is 10.5. The van der Waals surface area contributed by atoms with Crippen LogP contribution in [0.15, 0.2) is 59.1 Å². The number of oxazole rings is 1. The number of aryl methyl sites for hydroxylation is 1. The lowest BCUT2D eigenvalue weighted by atomic mass is 10.1. The summed E-state index contributed by atoms with van der Waals surface area (Å²) in [5, 5.41) is 2.77. The van der Waals surface area contributed by atoms with Crippen molar-refractivity contribution in [3.63, 3.8) is 0 Å². The fraction of sp³-hybridized carbons (Fsp3) is 0.190. The highest BCUT2D eigenvalue weighted by Gasteiger charge is 2.11. The first-order chi connectivity index (χ1) is 13.4. The SMILES string of the molecule is CN(C)C(=O)c1cccc(NC(=O)CCc2ncc(-c3ccc(F)cc3)o2)c1. The highest BCUT2D eigenvalue weighted by Crippen LogP contribution is 2.21. The maximum atomic E-state index is 13.0. The Morgan fingerprint density at radius 1 is 1.14 bits per heavy atom. The Morgan fingerprint density at radius 3 is 2.61 bits per heavy atom. The van der Waals surface area contributed by atoms with Crippen LogP contribution in [0.1, 0.15) is 22.7 Å². The van der Waals surface area contributed by atoms with E-state index in [1.165, 1.54) is 17.0 Å². The third-order valence-corrected chi connectivity index (χ3v) is 4.05. The summed E-state index contributed by atoms with van der Waals surface area (Å²) in [7, 11) is 3.34. The van der Waals surface area contributed by atoms with Crippen LogP contribution in [0, 0.1) is 5.82 Å². The molecule has 2 aromatic carbocycles. The summed E-state index contributed by atoms with van der Waals surface area (Å²) in [4.78, 5) is 29.8. The summed E-state index contributed by atoms with van der Waals surface area (Å²) in [6, 6.07) is 12.7. The summed E-state index contributed by atoms with van der Waals surface area (Å²) in [6.07, 6.45) is 2.05. The third kappa shape index (κ3) is 4.82. The Kier molecular flexibility index (Phi) is 5.84. The van der Waals surface area contributed by atoms with E-state index in [9.17, 15) is 14.0 Å². The van der Waals surface area contributed by atoms with E-state index in [4.69, 9.17) is 4.42 Å². The number of aromatic nitrogens is 1. The predicted molar refractivity (Wildman–Crippen MR) is 103 cm³/mol. The van der Waals surface area contributed by atoms with Crippen molar-refractivity contribution in [2.75, 3.05) is 19.4 Å². The van der Waals surface area contributed by atoms with Gasteiger partial charge in [0.15, 0.2) is 11.7 Å². The summed E-state index contributed by atoms with van der Waals surface area (Å²) in [6.45, 7) is 0. The number of nitrogens with one attached hydrogen (secondary N) is 1. The molecule has 0 saturated heterocycles. The number of hydrogen-bond donors (Lipinski definition) is 1. The molecule has 6 nitrogen and oxygen atoms in total. The molecule has 1 aromatic heterocycles. The molecule has 28 heavy (non-hydrogen) atoms. The Morgan fingerprint density at radius 2 is 1.89 bits per heavy atom. The molecule has 0 aliphatic rings. The van der Waals surface area contributed by atoms with Crippen LogP contribution in [0.3, 0.4) is 0 Å². The first-order valence-corrected chi connectivity index (χ1v) is 8.74. The van der Waals surface area contributed by atoms with Crippen LogP contribution in [-0.4, -0.2) is 35.8 Å². The maximum absolute atomic E-state index is 13.0. The van der Waals surface area contributed by atoms with Crippen molar-refractivity contribution in [2.45, 2.75) is 12.8 Å². The minimum Gasteiger partial charge on any atom is -0.441 e. The third-order valence-electron chi connectivity index (χ3n) is 4.05. The molecule has 0 saturated carbocycles. The van der Waals surface area contributed by atoms with E-state index in [0.29, 0.717) is 34.9 Å². The molecule has 0 bridgehead atoms. The molecule has 0 atom stereocenters. The van der Waals surface area contributed by atoms with Gasteiger partial charge in [-0.1, -0.05) is 6.07 Å². The van der Waals surface area contributed by atoms with Gasteiger partial charge in [0, 0.05) is 43.8 Å². The number of hydrogen-bond acceptors (Lipinski definition) is 4. The minimum atomic E-state index is -0.323. The van der Waals surface area contributed by atoms with Crippen LogP contribution >= 0.6 is 0 Å². The lowest BCUT2D eigenvalue weighted by Gasteiger charge is -2.11. The largest absolute Gasteiger partial charge is 0.441 e. The monoisotopic (exact) mass is 381 g/mol. The van der Waals surface area contributed by atoms with Crippen LogP contribution in [-0.2, 0) is 11.2 Å². The lowest BCUT2D eigenvalue weighted by Crippen LogP contribution is -2.22. The topological polar surface area (TPSA) is 75.4 Å².